The van der Waals surface area contributed by atoms with Crippen molar-refractivity contribution < 1.29 is 9.90 Å². The van der Waals surface area contributed by atoms with Gasteiger partial charge in [-0.3, -0.25) is 4.79 Å². The van der Waals surface area contributed by atoms with Crippen LogP contribution >= 0.6 is 0 Å². The molecule has 1 aliphatic rings. The van der Waals surface area contributed by atoms with Gasteiger partial charge in [0.25, 0.3) is 0 Å². The molecule has 4 heteroatoms. The van der Waals surface area contributed by atoms with E-state index in [1.807, 2.05) is 0 Å². The lowest BCUT2D eigenvalue weighted by atomic mass is 9.86. The number of aryl methyl sites for hydroxylation is 2. The number of nitrogens with zero attached hydrogens (tertiary/aromatic N) is 1. The maximum Gasteiger partial charge on any atom is 0.303 e. The zero-order chi connectivity index (χ0) is 13.0. The molecule has 0 unspecified atom stereocenters. The van der Waals surface area contributed by atoms with Crippen LogP contribution in [0.25, 0.3) is 0 Å². The molecule has 0 amide bonds. The van der Waals surface area contributed by atoms with Crippen LogP contribution in [-0.4, -0.2) is 21.0 Å². The maximum absolute atomic E-state index is 10.5. The highest BCUT2D eigenvalue weighted by Gasteiger charge is 2.20. The zero-order valence-electron chi connectivity index (χ0n) is 11.0. The van der Waals surface area contributed by atoms with Crippen molar-refractivity contribution in [3.05, 3.63) is 17.2 Å². The molecule has 0 bridgehead atoms. The van der Waals surface area contributed by atoms with Gasteiger partial charge in [-0.1, -0.05) is 19.3 Å². The van der Waals surface area contributed by atoms with Crippen molar-refractivity contribution in [2.75, 3.05) is 0 Å². The van der Waals surface area contributed by atoms with Crippen molar-refractivity contribution in [2.45, 2.75) is 64.2 Å². The van der Waals surface area contributed by atoms with Crippen molar-refractivity contribution >= 4 is 5.97 Å². The van der Waals surface area contributed by atoms with Gasteiger partial charge in [0, 0.05) is 24.5 Å². The lowest BCUT2D eigenvalue weighted by molar-refractivity contribution is -0.137. The fourth-order valence-electron chi connectivity index (χ4n) is 2.84. The molecule has 2 rings (SSSR count). The molecule has 1 heterocycles. The Morgan fingerprint density at radius 2 is 2.11 bits per heavy atom. The highest BCUT2D eigenvalue weighted by atomic mass is 16.4. The predicted octanol–water partition coefficient (Wildman–Crippen LogP) is 3.17. The summed E-state index contributed by atoms with van der Waals surface area (Å²) in [5.41, 5.74) is 2.40. The Balaban J connectivity index is 1.95. The number of aromatic nitrogens is 2. The minimum atomic E-state index is -0.731. The van der Waals surface area contributed by atoms with Gasteiger partial charge in [-0.05, 0) is 26.2 Å². The van der Waals surface area contributed by atoms with Gasteiger partial charge in [0.2, 0.25) is 0 Å². The standard InChI is InChI=1S/C14H22N2O2/c1-10-14(11-6-3-2-4-7-11)16-12(15-10)8-5-9-13(17)18/h11H,2-9H2,1H3,(H,15,16)(H,17,18). The van der Waals surface area contributed by atoms with Crippen molar-refractivity contribution in [2.24, 2.45) is 0 Å². The van der Waals surface area contributed by atoms with E-state index < -0.39 is 5.97 Å². The van der Waals surface area contributed by atoms with E-state index >= 15 is 0 Å². The number of imidazole rings is 1. The second kappa shape index (κ2) is 6.03. The van der Waals surface area contributed by atoms with Gasteiger partial charge >= 0.3 is 5.97 Å². The third-order valence-corrected chi connectivity index (χ3v) is 3.77. The second-order valence-electron chi connectivity index (χ2n) is 5.28. The fourth-order valence-corrected chi connectivity index (χ4v) is 2.84. The van der Waals surface area contributed by atoms with Crippen molar-refractivity contribution in [3.8, 4) is 0 Å². The molecule has 1 aliphatic carbocycles. The van der Waals surface area contributed by atoms with E-state index in [1.165, 1.54) is 43.5 Å². The molecular formula is C14H22N2O2. The van der Waals surface area contributed by atoms with Gasteiger partial charge < -0.3 is 10.1 Å². The first-order valence-electron chi connectivity index (χ1n) is 6.94. The molecule has 1 saturated carbocycles. The lowest BCUT2D eigenvalue weighted by Gasteiger charge is -2.20. The number of carboxylic acids is 1. The summed E-state index contributed by atoms with van der Waals surface area (Å²) in [4.78, 5) is 18.5. The summed E-state index contributed by atoms with van der Waals surface area (Å²) in [5, 5.41) is 8.62. The molecule has 0 aliphatic heterocycles. The first kappa shape index (κ1) is 13.1. The third-order valence-electron chi connectivity index (χ3n) is 3.77. The van der Waals surface area contributed by atoms with E-state index in [2.05, 4.69) is 16.9 Å². The Kier molecular flexibility index (Phi) is 4.39. The van der Waals surface area contributed by atoms with Crippen molar-refractivity contribution in [1.29, 1.82) is 0 Å². The maximum atomic E-state index is 10.5. The molecule has 0 aromatic carbocycles. The first-order chi connectivity index (χ1) is 8.66. The molecule has 0 spiro atoms. The average Bonchev–Trinajstić information content (AvgIpc) is 2.71. The van der Waals surface area contributed by atoms with Crippen LogP contribution in [0.15, 0.2) is 0 Å². The summed E-state index contributed by atoms with van der Waals surface area (Å²) in [7, 11) is 0. The summed E-state index contributed by atoms with van der Waals surface area (Å²) < 4.78 is 0. The van der Waals surface area contributed by atoms with E-state index in [0.717, 1.165) is 12.2 Å². The molecule has 2 N–H and O–H groups in total. The van der Waals surface area contributed by atoms with E-state index in [0.29, 0.717) is 12.3 Å². The monoisotopic (exact) mass is 250 g/mol. The zero-order valence-corrected chi connectivity index (χ0v) is 11.0. The summed E-state index contributed by atoms with van der Waals surface area (Å²) in [6, 6.07) is 0. The molecule has 0 saturated heterocycles. The Bertz CT molecular complexity index is 406. The molecule has 0 atom stereocenters. The van der Waals surface area contributed by atoms with Gasteiger partial charge in [0.05, 0.1) is 5.69 Å². The SMILES string of the molecule is Cc1[nH]c(CCCC(=O)O)nc1C1CCCCC1. The third kappa shape index (κ3) is 3.34. The molecule has 1 aromatic rings. The Labute approximate surface area is 108 Å². The van der Waals surface area contributed by atoms with Crippen LogP contribution in [-0.2, 0) is 11.2 Å². The van der Waals surface area contributed by atoms with Crippen LogP contribution in [0, 0.1) is 6.92 Å². The molecular weight excluding hydrogens is 228 g/mol. The van der Waals surface area contributed by atoms with E-state index in [9.17, 15) is 4.79 Å². The number of nitrogens with one attached hydrogen (secondary N) is 1. The van der Waals surface area contributed by atoms with Crippen LogP contribution in [0.2, 0.25) is 0 Å². The highest BCUT2D eigenvalue weighted by Crippen LogP contribution is 2.33. The topological polar surface area (TPSA) is 66.0 Å². The molecule has 0 radical (unpaired) electrons. The largest absolute Gasteiger partial charge is 0.481 e. The summed E-state index contributed by atoms with van der Waals surface area (Å²) in [6.45, 7) is 2.08. The predicted molar refractivity (Wildman–Crippen MR) is 69.7 cm³/mol. The van der Waals surface area contributed by atoms with Gasteiger partial charge in [0.1, 0.15) is 5.82 Å². The number of aliphatic carboxylic acids is 1. The summed E-state index contributed by atoms with van der Waals surface area (Å²) >= 11 is 0. The van der Waals surface area contributed by atoms with Gasteiger partial charge in [-0.15, -0.1) is 0 Å². The molecule has 18 heavy (non-hydrogen) atoms. The first-order valence-corrected chi connectivity index (χ1v) is 6.94. The van der Waals surface area contributed by atoms with Gasteiger partial charge in [-0.25, -0.2) is 4.98 Å². The van der Waals surface area contributed by atoms with Gasteiger partial charge in [-0.2, -0.15) is 0 Å². The van der Waals surface area contributed by atoms with Crippen LogP contribution in [0.4, 0.5) is 0 Å². The Hall–Kier alpha value is -1.32. The Morgan fingerprint density at radius 1 is 1.39 bits per heavy atom. The normalized spacial score (nSPS) is 16.9. The number of H-pyrrole nitrogens is 1. The lowest BCUT2D eigenvalue weighted by Crippen LogP contribution is -2.06. The number of aromatic amines is 1. The van der Waals surface area contributed by atoms with Gasteiger partial charge in [0.15, 0.2) is 0 Å². The van der Waals surface area contributed by atoms with E-state index in [-0.39, 0.29) is 6.42 Å². The number of carboxylic acid groups (broad SMARTS) is 1. The number of hydrogen-bond acceptors (Lipinski definition) is 2. The quantitative estimate of drug-likeness (QED) is 0.843. The van der Waals surface area contributed by atoms with Crippen LogP contribution in [0.1, 0.15) is 68.1 Å². The number of rotatable bonds is 5. The second-order valence-corrected chi connectivity index (χ2v) is 5.28. The average molecular weight is 250 g/mol. The highest BCUT2D eigenvalue weighted by molar-refractivity contribution is 5.66. The van der Waals surface area contributed by atoms with Crippen LogP contribution in [0.5, 0.6) is 0 Å². The van der Waals surface area contributed by atoms with Crippen LogP contribution in [0.3, 0.4) is 0 Å². The molecule has 100 valence electrons. The van der Waals surface area contributed by atoms with E-state index in [1.54, 1.807) is 0 Å². The van der Waals surface area contributed by atoms with Crippen molar-refractivity contribution in [1.82, 2.24) is 9.97 Å². The minimum Gasteiger partial charge on any atom is -0.481 e. The molecule has 1 aromatic heterocycles. The number of hydrogen-bond donors (Lipinski definition) is 2. The van der Waals surface area contributed by atoms with Crippen molar-refractivity contribution in [3.63, 3.8) is 0 Å². The van der Waals surface area contributed by atoms with E-state index in [4.69, 9.17) is 5.11 Å². The molecule has 4 nitrogen and oxygen atoms in total. The molecule has 1 fully saturated rings. The minimum absolute atomic E-state index is 0.221. The van der Waals surface area contributed by atoms with Crippen LogP contribution < -0.4 is 0 Å². The fraction of sp³-hybridized carbons (Fsp3) is 0.714. The Morgan fingerprint density at radius 3 is 2.78 bits per heavy atom. The number of carbonyl (C=O) groups is 1. The summed E-state index contributed by atoms with van der Waals surface area (Å²) in [6.07, 6.45) is 8.09. The summed E-state index contributed by atoms with van der Waals surface area (Å²) in [5.74, 6) is 0.836. The smallest absolute Gasteiger partial charge is 0.303 e.